The molecular formula is C35H37NO7. The molecule has 1 aliphatic heterocycles. The SMILES string of the molecule is CCc1cc2c([nH]1)CCc1c(CCc3c(O)c(OC)c(OCCCO)c4c3OC(c3ccc(O)cc3)CC4=O)cccc1-2. The maximum absolute atomic E-state index is 13.7. The summed E-state index contributed by atoms with van der Waals surface area (Å²) in [5.74, 6) is 0.317. The zero-order valence-electron chi connectivity index (χ0n) is 24.5. The van der Waals surface area contributed by atoms with Gasteiger partial charge in [-0.25, -0.2) is 0 Å². The average Bonchev–Trinajstić information content (AvgIpc) is 3.45. The molecule has 0 radical (unpaired) electrons. The van der Waals surface area contributed by atoms with Crippen molar-refractivity contribution in [3.63, 3.8) is 0 Å². The number of Topliss-reactive ketones (excluding diaryl/α,β-unsaturated/α-hetero) is 1. The fraction of sp³-hybridized carbons (Fsp3) is 0.343. The largest absolute Gasteiger partial charge is 0.508 e. The van der Waals surface area contributed by atoms with E-state index in [-0.39, 0.29) is 59.7 Å². The van der Waals surface area contributed by atoms with Crippen molar-refractivity contribution >= 4 is 5.78 Å². The van der Waals surface area contributed by atoms with Crippen LogP contribution >= 0.6 is 0 Å². The van der Waals surface area contributed by atoms with E-state index in [2.05, 4.69) is 36.2 Å². The second-order valence-electron chi connectivity index (χ2n) is 11.1. The van der Waals surface area contributed by atoms with Crippen LogP contribution in [-0.4, -0.2) is 46.4 Å². The standard InChI is InChI=1S/C35H37NO7/c1-3-22-18-27-25-7-4-6-20(24(25)14-15-28(27)36-22)10-13-26-32(40)35(41-2)34(42-17-5-16-37)31-29(39)19-30(43-33(26)31)21-8-11-23(38)12-9-21/h4,6-9,11-12,18,30,36-38,40H,3,5,10,13-17,19H2,1-2H3. The van der Waals surface area contributed by atoms with Crippen molar-refractivity contribution in [1.82, 2.24) is 4.98 Å². The number of aromatic amines is 1. The maximum Gasteiger partial charge on any atom is 0.204 e. The van der Waals surface area contributed by atoms with E-state index in [1.54, 1.807) is 24.3 Å². The highest BCUT2D eigenvalue weighted by molar-refractivity contribution is 6.04. The van der Waals surface area contributed by atoms with Crippen LogP contribution in [0.25, 0.3) is 11.1 Å². The first-order valence-electron chi connectivity index (χ1n) is 14.9. The van der Waals surface area contributed by atoms with Crippen LogP contribution in [0.4, 0.5) is 0 Å². The second-order valence-corrected chi connectivity index (χ2v) is 11.1. The van der Waals surface area contributed by atoms with E-state index in [4.69, 9.17) is 14.2 Å². The third kappa shape index (κ3) is 5.31. The predicted octanol–water partition coefficient (Wildman–Crippen LogP) is 6.02. The lowest BCUT2D eigenvalue weighted by Gasteiger charge is -2.30. The number of benzene rings is 3. The number of aromatic nitrogens is 1. The lowest BCUT2D eigenvalue weighted by atomic mass is 9.84. The number of ether oxygens (including phenoxy) is 3. The molecule has 3 aromatic carbocycles. The molecule has 1 aromatic heterocycles. The highest BCUT2D eigenvalue weighted by Crippen LogP contribution is 2.53. The van der Waals surface area contributed by atoms with Crippen LogP contribution < -0.4 is 14.2 Å². The summed E-state index contributed by atoms with van der Waals surface area (Å²) in [6.45, 7) is 2.22. The fourth-order valence-electron chi connectivity index (χ4n) is 6.34. The van der Waals surface area contributed by atoms with Gasteiger partial charge in [0.1, 0.15) is 23.2 Å². The number of aromatic hydroxyl groups is 2. The topological polar surface area (TPSA) is 121 Å². The molecular weight excluding hydrogens is 546 g/mol. The molecule has 0 fully saturated rings. The van der Waals surface area contributed by atoms with Gasteiger partial charge in [-0.2, -0.15) is 0 Å². The van der Waals surface area contributed by atoms with Crippen LogP contribution in [0.1, 0.15) is 69.9 Å². The summed E-state index contributed by atoms with van der Waals surface area (Å²) in [6.07, 6.45) is 3.68. The molecule has 2 heterocycles. The number of H-pyrrole nitrogens is 1. The van der Waals surface area contributed by atoms with E-state index in [1.807, 2.05) is 0 Å². The molecule has 2 aliphatic rings. The van der Waals surface area contributed by atoms with E-state index in [0.29, 0.717) is 24.8 Å². The van der Waals surface area contributed by atoms with E-state index in [0.717, 1.165) is 24.8 Å². The van der Waals surface area contributed by atoms with Crippen molar-refractivity contribution in [2.75, 3.05) is 20.3 Å². The molecule has 4 N–H and O–H groups in total. The number of aryl methyl sites for hydroxylation is 3. The average molecular weight is 584 g/mol. The Morgan fingerprint density at radius 2 is 1.84 bits per heavy atom. The van der Waals surface area contributed by atoms with Crippen LogP contribution in [0.2, 0.25) is 0 Å². The van der Waals surface area contributed by atoms with Gasteiger partial charge in [0.25, 0.3) is 0 Å². The minimum absolute atomic E-state index is 0.0619. The lowest BCUT2D eigenvalue weighted by molar-refractivity contribution is 0.0837. The molecule has 0 saturated carbocycles. The predicted molar refractivity (Wildman–Crippen MR) is 163 cm³/mol. The number of nitrogens with one attached hydrogen (secondary N) is 1. The molecule has 8 nitrogen and oxygen atoms in total. The Morgan fingerprint density at radius 1 is 1.02 bits per heavy atom. The molecule has 0 bridgehead atoms. The Kier molecular flexibility index (Phi) is 8.04. The number of carbonyl (C=O) groups is 1. The molecule has 6 rings (SSSR count). The van der Waals surface area contributed by atoms with Crippen LogP contribution in [0.15, 0.2) is 48.5 Å². The molecule has 224 valence electrons. The Labute approximate surface area is 250 Å². The van der Waals surface area contributed by atoms with E-state index in [9.17, 15) is 20.1 Å². The molecule has 1 atom stereocenters. The van der Waals surface area contributed by atoms with Crippen LogP contribution in [0, 0.1) is 0 Å². The Morgan fingerprint density at radius 3 is 2.58 bits per heavy atom. The van der Waals surface area contributed by atoms with Crippen LogP contribution in [0.5, 0.6) is 28.7 Å². The highest BCUT2D eigenvalue weighted by Gasteiger charge is 2.37. The van der Waals surface area contributed by atoms with Gasteiger partial charge < -0.3 is 34.5 Å². The van der Waals surface area contributed by atoms with Crippen LogP contribution in [0.3, 0.4) is 0 Å². The number of fused-ring (bicyclic) bond motifs is 4. The van der Waals surface area contributed by atoms with E-state index < -0.39 is 6.10 Å². The van der Waals surface area contributed by atoms with E-state index >= 15 is 0 Å². The fourth-order valence-corrected chi connectivity index (χ4v) is 6.34. The molecule has 0 saturated heterocycles. The highest BCUT2D eigenvalue weighted by atomic mass is 16.5. The molecule has 1 aliphatic carbocycles. The second kappa shape index (κ2) is 12.1. The van der Waals surface area contributed by atoms with Crippen molar-refractivity contribution in [3.8, 4) is 39.9 Å². The third-order valence-corrected chi connectivity index (χ3v) is 8.53. The number of phenols is 2. The summed E-state index contributed by atoms with van der Waals surface area (Å²) in [4.78, 5) is 17.3. The van der Waals surface area contributed by atoms with Gasteiger partial charge in [-0.05, 0) is 72.6 Å². The van der Waals surface area contributed by atoms with Gasteiger partial charge in [-0.15, -0.1) is 0 Å². The van der Waals surface area contributed by atoms with E-state index in [1.165, 1.54) is 40.8 Å². The zero-order valence-corrected chi connectivity index (χ0v) is 24.5. The minimum Gasteiger partial charge on any atom is -0.508 e. The Balaban J connectivity index is 1.40. The summed E-state index contributed by atoms with van der Waals surface area (Å²) >= 11 is 0. The molecule has 1 unspecified atom stereocenters. The van der Waals surface area contributed by atoms with Gasteiger partial charge in [0.15, 0.2) is 17.3 Å². The number of aliphatic hydroxyl groups is 1. The number of aliphatic hydroxyl groups excluding tert-OH is 1. The van der Waals surface area contributed by atoms with Gasteiger partial charge >= 0.3 is 0 Å². The first-order chi connectivity index (χ1) is 20.9. The van der Waals surface area contributed by atoms with Crippen molar-refractivity contribution in [2.24, 2.45) is 0 Å². The molecule has 8 heteroatoms. The van der Waals surface area contributed by atoms with Crippen molar-refractivity contribution in [3.05, 3.63) is 87.7 Å². The Bertz CT molecular complexity index is 1650. The zero-order chi connectivity index (χ0) is 30.1. The summed E-state index contributed by atoms with van der Waals surface area (Å²) in [5, 5.41) is 30.6. The molecule has 4 aromatic rings. The summed E-state index contributed by atoms with van der Waals surface area (Å²) < 4.78 is 18.0. The number of hydrogen-bond acceptors (Lipinski definition) is 7. The molecule has 0 amide bonds. The summed E-state index contributed by atoms with van der Waals surface area (Å²) in [7, 11) is 1.43. The number of hydrogen-bond donors (Lipinski definition) is 4. The maximum atomic E-state index is 13.7. The van der Waals surface area contributed by atoms with Crippen LogP contribution in [-0.2, 0) is 32.1 Å². The third-order valence-electron chi connectivity index (χ3n) is 8.53. The Hall–Kier alpha value is -4.43. The molecule has 43 heavy (non-hydrogen) atoms. The lowest BCUT2D eigenvalue weighted by Crippen LogP contribution is -2.23. The first kappa shape index (κ1) is 28.7. The smallest absolute Gasteiger partial charge is 0.204 e. The number of rotatable bonds is 10. The number of phenolic OH excluding ortho intramolecular Hbond substituents is 2. The summed E-state index contributed by atoms with van der Waals surface area (Å²) in [6, 6.07) is 15.2. The number of methoxy groups -OCH3 is 1. The number of carbonyl (C=O) groups excluding carboxylic acids is 1. The molecule has 0 spiro atoms. The normalized spacial score (nSPS) is 15.3. The number of ketones is 1. The van der Waals surface area contributed by atoms with Gasteiger partial charge in [0.2, 0.25) is 5.75 Å². The van der Waals surface area contributed by atoms with Gasteiger partial charge in [0.05, 0.1) is 20.1 Å². The van der Waals surface area contributed by atoms with Crippen molar-refractivity contribution in [2.45, 2.75) is 58.0 Å². The summed E-state index contributed by atoms with van der Waals surface area (Å²) in [5.41, 5.74) is 8.99. The minimum atomic E-state index is -0.596. The van der Waals surface area contributed by atoms with Gasteiger partial charge in [-0.1, -0.05) is 37.3 Å². The van der Waals surface area contributed by atoms with Crippen molar-refractivity contribution < 1.29 is 34.3 Å². The monoisotopic (exact) mass is 583 g/mol. The first-order valence-corrected chi connectivity index (χ1v) is 14.9. The quantitative estimate of drug-likeness (QED) is 0.169. The van der Waals surface area contributed by atoms with Gasteiger partial charge in [-0.3, -0.25) is 4.79 Å². The van der Waals surface area contributed by atoms with Gasteiger partial charge in [0, 0.05) is 35.5 Å². The van der Waals surface area contributed by atoms with Crippen molar-refractivity contribution in [1.29, 1.82) is 0 Å².